The average molecular weight is 261 g/mol. The van der Waals surface area contributed by atoms with Crippen LogP contribution in [0.1, 0.15) is 31.2 Å². The maximum Gasteiger partial charge on any atom is 0.0746 e. The minimum absolute atomic E-state index is 0.359. The highest BCUT2D eigenvalue weighted by Crippen LogP contribution is 2.25. The Kier molecular flexibility index (Phi) is 3.99. The maximum atomic E-state index is 5.51. The number of piperidine rings is 1. The lowest BCUT2D eigenvalue weighted by Crippen LogP contribution is -2.40. The fraction of sp³-hybridized carbons (Fsp3) is 0.667. The zero-order valence-corrected chi connectivity index (χ0v) is 11.6. The Hall–Kier alpha value is -1.13. The van der Waals surface area contributed by atoms with Crippen LogP contribution in [0.4, 0.5) is 5.69 Å². The fourth-order valence-electron chi connectivity index (χ4n) is 2.74. The minimum Gasteiger partial charge on any atom is -0.380 e. The fourth-order valence-corrected chi connectivity index (χ4v) is 2.74. The Morgan fingerprint density at radius 2 is 2.32 bits per heavy atom. The zero-order valence-electron chi connectivity index (χ0n) is 11.6. The van der Waals surface area contributed by atoms with Gasteiger partial charge in [-0.1, -0.05) is 0 Å². The van der Waals surface area contributed by atoms with Crippen molar-refractivity contribution in [3.05, 3.63) is 24.0 Å². The van der Waals surface area contributed by atoms with Crippen LogP contribution in [0.2, 0.25) is 0 Å². The van der Waals surface area contributed by atoms with Crippen molar-refractivity contribution >= 4 is 5.69 Å². The van der Waals surface area contributed by atoms with Gasteiger partial charge in [0.25, 0.3) is 0 Å². The lowest BCUT2D eigenvalue weighted by atomic mass is 10.1. The molecule has 0 spiro atoms. The lowest BCUT2D eigenvalue weighted by molar-refractivity contribution is 0.0893. The third kappa shape index (κ3) is 3.25. The molecular weight excluding hydrogens is 238 g/mol. The first kappa shape index (κ1) is 12.9. The summed E-state index contributed by atoms with van der Waals surface area (Å²) in [5.41, 5.74) is 2.64. The predicted molar refractivity (Wildman–Crippen MR) is 76.3 cm³/mol. The van der Waals surface area contributed by atoms with E-state index in [9.17, 15) is 0 Å². The van der Waals surface area contributed by atoms with E-state index < -0.39 is 0 Å². The highest BCUT2D eigenvalue weighted by molar-refractivity contribution is 5.52. The molecule has 1 atom stereocenters. The molecular formula is C15H23N3O. The SMILES string of the molecule is COC1CCCN(c2cnccc2CNC2CC2)C1. The molecule has 2 fully saturated rings. The van der Waals surface area contributed by atoms with Gasteiger partial charge >= 0.3 is 0 Å². The van der Waals surface area contributed by atoms with Gasteiger partial charge in [0.2, 0.25) is 0 Å². The van der Waals surface area contributed by atoms with Crippen molar-refractivity contribution in [3.8, 4) is 0 Å². The summed E-state index contributed by atoms with van der Waals surface area (Å²) in [5.74, 6) is 0. The summed E-state index contributed by atoms with van der Waals surface area (Å²) < 4.78 is 5.51. The normalized spacial score (nSPS) is 23.6. The Bertz CT molecular complexity index is 420. The number of nitrogens with zero attached hydrogens (tertiary/aromatic N) is 2. The second kappa shape index (κ2) is 5.88. The molecule has 0 bridgehead atoms. The molecule has 4 heteroatoms. The molecule has 0 amide bonds. The largest absolute Gasteiger partial charge is 0.380 e. The summed E-state index contributed by atoms with van der Waals surface area (Å²) >= 11 is 0. The maximum absolute atomic E-state index is 5.51. The van der Waals surface area contributed by atoms with Crippen molar-refractivity contribution in [2.75, 3.05) is 25.1 Å². The number of hydrogen-bond acceptors (Lipinski definition) is 4. The van der Waals surface area contributed by atoms with Crippen LogP contribution in [0.3, 0.4) is 0 Å². The van der Waals surface area contributed by atoms with Crippen molar-refractivity contribution in [1.29, 1.82) is 0 Å². The first-order valence-corrected chi connectivity index (χ1v) is 7.31. The van der Waals surface area contributed by atoms with Gasteiger partial charge < -0.3 is 15.0 Å². The van der Waals surface area contributed by atoms with Crippen molar-refractivity contribution < 1.29 is 4.74 Å². The van der Waals surface area contributed by atoms with Gasteiger partial charge in [0, 0.05) is 39.0 Å². The predicted octanol–water partition coefficient (Wildman–Crippen LogP) is 1.95. The molecule has 1 aromatic rings. The van der Waals surface area contributed by atoms with Crippen LogP contribution >= 0.6 is 0 Å². The van der Waals surface area contributed by atoms with Crippen LogP contribution in [0.15, 0.2) is 18.5 Å². The molecule has 4 nitrogen and oxygen atoms in total. The minimum atomic E-state index is 0.359. The number of anilines is 1. The molecule has 2 heterocycles. The number of ether oxygens (including phenoxy) is 1. The summed E-state index contributed by atoms with van der Waals surface area (Å²) in [7, 11) is 1.81. The van der Waals surface area contributed by atoms with Crippen LogP contribution in [0.25, 0.3) is 0 Å². The molecule has 1 N–H and O–H groups in total. The second-order valence-corrected chi connectivity index (χ2v) is 5.61. The lowest BCUT2D eigenvalue weighted by Gasteiger charge is -2.34. The molecule has 19 heavy (non-hydrogen) atoms. The standard InChI is InChI=1S/C15H23N3O/c1-19-14-3-2-8-18(11-14)15-10-16-7-6-12(15)9-17-13-4-5-13/h6-7,10,13-14,17H,2-5,8-9,11H2,1H3. The van der Waals surface area contributed by atoms with Crippen LogP contribution in [-0.4, -0.2) is 37.3 Å². The van der Waals surface area contributed by atoms with Gasteiger partial charge in [0.05, 0.1) is 18.0 Å². The summed E-state index contributed by atoms with van der Waals surface area (Å²) in [5, 5.41) is 3.59. The number of methoxy groups -OCH3 is 1. The van der Waals surface area contributed by atoms with E-state index in [0.29, 0.717) is 6.10 Å². The van der Waals surface area contributed by atoms with Gasteiger partial charge in [0.15, 0.2) is 0 Å². The molecule has 0 radical (unpaired) electrons. The van der Waals surface area contributed by atoms with E-state index in [1.54, 1.807) is 0 Å². The van der Waals surface area contributed by atoms with E-state index in [4.69, 9.17) is 4.74 Å². The quantitative estimate of drug-likeness (QED) is 0.879. The number of nitrogens with one attached hydrogen (secondary N) is 1. The van der Waals surface area contributed by atoms with Gasteiger partial charge in [-0.25, -0.2) is 0 Å². The summed E-state index contributed by atoms with van der Waals surface area (Å²) in [6.45, 7) is 3.05. The topological polar surface area (TPSA) is 37.4 Å². The molecule has 2 aliphatic rings. The van der Waals surface area contributed by atoms with E-state index in [-0.39, 0.29) is 0 Å². The van der Waals surface area contributed by atoms with Crippen molar-refractivity contribution in [2.24, 2.45) is 0 Å². The number of rotatable bonds is 5. The van der Waals surface area contributed by atoms with Crippen molar-refractivity contribution in [3.63, 3.8) is 0 Å². The van der Waals surface area contributed by atoms with Crippen LogP contribution in [0, 0.1) is 0 Å². The molecule has 3 rings (SSSR count). The van der Waals surface area contributed by atoms with E-state index >= 15 is 0 Å². The highest BCUT2D eigenvalue weighted by atomic mass is 16.5. The molecule has 1 saturated carbocycles. The average Bonchev–Trinajstić information content (AvgIpc) is 3.30. The summed E-state index contributed by atoms with van der Waals surface area (Å²) in [6, 6.07) is 2.88. The summed E-state index contributed by atoms with van der Waals surface area (Å²) in [6.07, 6.45) is 9.28. The summed E-state index contributed by atoms with van der Waals surface area (Å²) in [4.78, 5) is 6.73. The van der Waals surface area contributed by atoms with Gasteiger partial charge in [-0.2, -0.15) is 0 Å². The van der Waals surface area contributed by atoms with Gasteiger partial charge in [-0.15, -0.1) is 0 Å². The van der Waals surface area contributed by atoms with E-state index in [1.165, 1.54) is 36.9 Å². The third-order valence-corrected chi connectivity index (χ3v) is 4.10. The second-order valence-electron chi connectivity index (χ2n) is 5.61. The Labute approximate surface area is 115 Å². The molecule has 1 aliphatic carbocycles. The molecule has 1 unspecified atom stereocenters. The highest BCUT2D eigenvalue weighted by Gasteiger charge is 2.23. The first-order chi connectivity index (χ1) is 9.36. The third-order valence-electron chi connectivity index (χ3n) is 4.10. The van der Waals surface area contributed by atoms with Gasteiger partial charge in [0.1, 0.15) is 0 Å². The smallest absolute Gasteiger partial charge is 0.0746 e. The number of pyridine rings is 1. The van der Waals surface area contributed by atoms with Gasteiger partial charge in [-0.3, -0.25) is 4.98 Å². The molecule has 1 saturated heterocycles. The van der Waals surface area contributed by atoms with Crippen LogP contribution < -0.4 is 10.2 Å². The Morgan fingerprint density at radius 1 is 1.42 bits per heavy atom. The molecule has 1 aliphatic heterocycles. The first-order valence-electron chi connectivity index (χ1n) is 7.31. The monoisotopic (exact) mass is 261 g/mol. The zero-order chi connectivity index (χ0) is 13.1. The van der Waals surface area contributed by atoms with E-state index in [1.807, 2.05) is 19.5 Å². The van der Waals surface area contributed by atoms with Gasteiger partial charge in [-0.05, 0) is 37.3 Å². The van der Waals surface area contributed by atoms with Crippen molar-refractivity contribution in [1.82, 2.24) is 10.3 Å². The molecule has 0 aromatic carbocycles. The van der Waals surface area contributed by atoms with Crippen LogP contribution in [-0.2, 0) is 11.3 Å². The number of hydrogen-bond donors (Lipinski definition) is 1. The van der Waals surface area contributed by atoms with E-state index in [2.05, 4.69) is 21.3 Å². The molecule has 104 valence electrons. The number of aromatic nitrogens is 1. The Balaban J connectivity index is 1.70. The van der Waals surface area contributed by atoms with E-state index in [0.717, 1.165) is 25.7 Å². The molecule has 1 aromatic heterocycles. The van der Waals surface area contributed by atoms with Crippen LogP contribution in [0.5, 0.6) is 0 Å². The van der Waals surface area contributed by atoms with Crippen molar-refractivity contribution in [2.45, 2.75) is 44.4 Å². The Morgan fingerprint density at radius 3 is 3.11 bits per heavy atom.